The minimum absolute atomic E-state index is 0.0869. The lowest BCUT2D eigenvalue weighted by Gasteiger charge is -2.03. The molecule has 0 atom stereocenters. The van der Waals surface area contributed by atoms with Gasteiger partial charge in [0, 0.05) is 12.2 Å². The van der Waals surface area contributed by atoms with E-state index < -0.39 is 0 Å². The maximum Gasteiger partial charge on any atom is 0.233 e. The molecule has 0 unspecified atom stereocenters. The van der Waals surface area contributed by atoms with E-state index in [1.807, 2.05) is 11.8 Å². The molecule has 0 radical (unpaired) electrons. The fraction of sp³-hybridized carbons (Fsp3) is 0.417. The van der Waals surface area contributed by atoms with E-state index in [1.165, 1.54) is 11.1 Å². The molecule has 3 N–H and O–H groups in total. The van der Waals surface area contributed by atoms with Crippen molar-refractivity contribution in [1.29, 1.82) is 0 Å². The first-order valence-corrected chi connectivity index (χ1v) is 6.50. The lowest BCUT2D eigenvalue weighted by molar-refractivity contribution is -0.121. The minimum Gasteiger partial charge on any atom is -0.294 e. The highest BCUT2D eigenvalue weighted by atomic mass is 32.2. The van der Waals surface area contributed by atoms with Gasteiger partial charge < -0.3 is 0 Å². The molecule has 0 bridgehead atoms. The number of carbonyl (C=O) groups is 1. The van der Waals surface area contributed by atoms with Gasteiger partial charge in [0.15, 0.2) is 0 Å². The molecule has 4 heteroatoms. The summed E-state index contributed by atoms with van der Waals surface area (Å²) >= 11 is 1.85. The molecular formula is C12H18N2OS. The number of hydrogen-bond acceptors (Lipinski definition) is 3. The second kappa shape index (κ2) is 7.30. The van der Waals surface area contributed by atoms with Gasteiger partial charge in [-0.1, -0.05) is 29.8 Å². The fourth-order valence-corrected chi connectivity index (χ4v) is 2.31. The summed E-state index contributed by atoms with van der Waals surface area (Å²) in [6.45, 7) is 2.10. The van der Waals surface area contributed by atoms with Crippen LogP contribution in [0.25, 0.3) is 0 Å². The summed E-state index contributed by atoms with van der Waals surface area (Å²) in [5.74, 6) is 6.89. The third-order valence-corrected chi connectivity index (χ3v) is 3.32. The van der Waals surface area contributed by atoms with Gasteiger partial charge in [-0.2, -0.15) is 11.8 Å². The summed E-state index contributed by atoms with van der Waals surface area (Å²) in [7, 11) is 0. The second-order valence-corrected chi connectivity index (χ2v) is 4.82. The number of nitrogens with one attached hydrogen (secondary N) is 1. The lowest BCUT2D eigenvalue weighted by Crippen LogP contribution is -2.29. The van der Waals surface area contributed by atoms with Crippen LogP contribution in [0.15, 0.2) is 24.3 Å². The number of hydrogen-bond donors (Lipinski definition) is 2. The zero-order valence-electron chi connectivity index (χ0n) is 9.53. The van der Waals surface area contributed by atoms with Gasteiger partial charge in [0.1, 0.15) is 0 Å². The molecule has 0 spiro atoms. The van der Waals surface area contributed by atoms with Crippen LogP contribution in [0, 0.1) is 6.92 Å². The summed E-state index contributed by atoms with van der Waals surface area (Å²) in [6, 6.07) is 8.50. The number of thioether (sulfide) groups is 1. The van der Waals surface area contributed by atoms with Crippen LogP contribution in [0.3, 0.4) is 0 Å². The topological polar surface area (TPSA) is 55.1 Å². The van der Waals surface area contributed by atoms with Crippen molar-refractivity contribution >= 4 is 17.7 Å². The van der Waals surface area contributed by atoms with Gasteiger partial charge in [0.2, 0.25) is 5.91 Å². The molecule has 0 aliphatic heterocycles. The average Bonchev–Trinajstić information content (AvgIpc) is 2.28. The van der Waals surface area contributed by atoms with E-state index in [0.717, 1.165) is 17.9 Å². The van der Waals surface area contributed by atoms with E-state index in [-0.39, 0.29) is 5.91 Å². The van der Waals surface area contributed by atoms with Crippen LogP contribution < -0.4 is 11.3 Å². The summed E-state index contributed by atoms with van der Waals surface area (Å²) < 4.78 is 0. The fourth-order valence-electron chi connectivity index (χ4n) is 1.40. The largest absolute Gasteiger partial charge is 0.294 e. The highest BCUT2D eigenvalue weighted by Crippen LogP contribution is 2.14. The quantitative estimate of drug-likeness (QED) is 0.345. The Hall–Kier alpha value is -1.00. The SMILES string of the molecule is Cc1cccc(CSCCCC(=O)NN)c1. The van der Waals surface area contributed by atoms with Crippen molar-refractivity contribution < 1.29 is 4.79 Å². The maximum absolute atomic E-state index is 10.8. The third-order valence-electron chi connectivity index (χ3n) is 2.20. The molecule has 0 saturated carbocycles. The van der Waals surface area contributed by atoms with Crippen molar-refractivity contribution in [2.45, 2.75) is 25.5 Å². The number of benzene rings is 1. The van der Waals surface area contributed by atoms with Gasteiger partial charge in [-0.15, -0.1) is 0 Å². The van der Waals surface area contributed by atoms with Crippen molar-refractivity contribution in [3.8, 4) is 0 Å². The van der Waals surface area contributed by atoms with Crippen molar-refractivity contribution in [3.63, 3.8) is 0 Å². The number of aryl methyl sites for hydroxylation is 1. The monoisotopic (exact) mass is 238 g/mol. The Bertz CT molecular complexity index is 342. The highest BCUT2D eigenvalue weighted by Gasteiger charge is 1.98. The molecule has 0 saturated heterocycles. The first kappa shape index (κ1) is 13.1. The molecule has 0 aliphatic rings. The van der Waals surface area contributed by atoms with Gasteiger partial charge in [-0.3, -0.25) is 10.2 Å². The lowest BCUT2D eigenvalue weighted by atomic mass is 10.2. The Morgan fingerprint density at radius 3 is 3.00 bits per heavy atom. The van der Waals surface area contributed by atoms with E-state index >= 15 is 0 Å². The molecule has 0 fully saturated rings. The van der Waals surface area contributed by atoms with Crippen LogP contribution in [0.1, 0.15) is 24.0 Å². The van der Waals surface area contributed by atoms with Crippen LogP contribution in [-0.4, -0.2) is 11.7 Å². The number of carbonyl (C=O) groups excluding carboxylic acids is 1. The molecule has 0 heterocycles. The van der Waals surface area contributed by atoms with Gasteiger partial charge in [0.25, 0.3) is 0 Å². The first-order valence-electron chi connectivity index (χ1n) is 5.35. The molecule has 1 amide bonds. The number of amides is 1. The molecule has 1 aromatic rings. The van der Waals surface area contributed by atoms with Crippen molar-refractivity contribution in [1.82, 2.24) is 5.43 Å². The Labute approximate surface area is 101 Å². The standard InChI is InChI=1S/C12H18N2OS/c1-10-4-2-5-11(8-10)9-16-7-3-6-12(15)14-13/h2,4-5,8H,3,6-7,9,13H2,1H3,(H,14,15). The predicted molar refractivity (Wildman–Crippen MR) is 68.9 cm³/mol. The van der Waals surface area contributed by atoms with Gasteiger partial charge in [-0.05, 0) is 24.7 Å². The number of hydrazine groups is 1. The van der Waals surface area contributed by atoms with Crippen molar-refractivity contribution in [2.75, 3.05) is 5.75 Å². The zero-order chi connectivity index (χ0) is 11.8. The van der Waals surface area contributed by atoms with E-state index in [0.29, 0.717) is 6.42 Å². The van der Waals surface area contributed by atoms with Crippen molar-refractivity contribution in [2.24, 2.45) is 5.84 Å². The van der Waals surface area contributed by atoms with E-state index in [4.69, 9.17) is 5.84 Å². The zero-order valence-corrected chi connectivity index (χ0v) is 10.3. The summed E-state index contributed by atoms with van der Waals surface area (Å²) in [4.78, 5) is 10.8. The highest BCUT2D eigenvalue weighted by molar-refractivity contribution is 7.98. The third kappa shape index (κ3) is 5.19. The van der Waals surface area contributed by atoms with E-state index in [1.54, 1.807) is 0 Å². The summed E-state index contributed by atoms with van der Waals surface area (Å²) in [5.41, 5.74) is 4.77. The van der Waals surface area contributed by atoms with E-state index in [2.05, 4.69) is 36.6 Å². The molecule has 0 aliphatic carbocycles. The molecule has 0 aromatic heterocycles. The molecule has 16 heavy (non-hydrogen) atoms. The molecule has 1 rings (SSSR count). The van der Waals surface area contributed by atoms with Crippen LogP contribution in [0.5, 0.6) is 0 Å². The molecule has 3 nitrogen and oxygen atoms in total. The molecular weight excluding hydrogens is 220 g/mol. The predicted octanol–water partition coefficient (Wildman–Crippen LogP) is 2.00. The number of nitrogens with two attached hydrogens (primary N) is 1. The normalized spacial score (nSPS) is 10.1. The number of rotatable bonds is 6. The Balaban J connectivity index is 2.14. The van der Waals surface area contributed by atoms with E-state index in [9.17, 15) is 4.79 Å². The minimum atomic E-state index is -0.0869. The van der Waals surface area contributed by atoms with Gasteiger partial charge >= 0.3 is 0 Å². The summed E-state index contributed by atoms with van der Waals surface area (Å²) in [5, 5.41) is 0. The second-order valence-electron chi connectivity index (χ2n) is 3.71. The van der Waals surface area contributed by atoms with Crippen LogP contribution in [-0.2, 0) is 10.5 Å². The maximum atomic E-state index is 10.8. The Kier molecular flexibility index (Phi) is 5.96. The van der Waals surface area contributed by atoms with Crippen LogP contribution in [0.4, 0.5) is 0 Å². The van der Waals surface area contributed by atoms with Crippen molar-refractivity contribution in [3.05, 3.63) is 35.4 Å². The Morgan fingerprint density at radius 2 is 2.31 bits per heavy atom. The molecule has 1 aromatic carbocycles. The molecule has 88 valence electrons. The smallest absolute Gasteiger partial charge is 0.233 e. The van der Waals surface area contributed by atoms with Crippen LogP contribution in [0.2, 0.25) is 0 Å². The van der Waals surface area contributed by atoms with Gasteiger partial charge in [-0.25, -0.2) is 5.84 Å². The van der Waals surface area contributed by atoms with Gasteiger partial charge in [0.05, 0.1) is 0 Å². The summed E-state index contributed by atoms with van der Waals surface area (Å²) in [6.07, 6.45) is 1.39. The average molecular weight is 238 g/mol. The Morgan fingerprint density at radius 1 is 1.50 bits per heavy atom. The van der Waals surface area contributed by atoms with Crippen LogP contribution >= 0.6 is 11.8 Å². The first-order chi connectivity index (χ1) is 7.72.